The first-order chi connectivity index (χ1) is 7.34. The third kappa shape index (κ3) is 2.71. The van der Waals surface area contributed by atoms with Crippen molar-refractivity contribution in [2.45, 2.75) is 25.1 Å². The first kappa shape index (κ1) is 13.4. The summed E-state index contributed by atoms with van der Waals surface area (Å²) in [4.78, 5) is 10.3. The quantitative estimate of drug-likeness (QED) is 0.476. The molecular formula is C10H10BrClFNO2. The zero-order valence-corrected chi connectivity index (χ0v) is 11.0. The number of halogens is 3. The number of hydrogen-bond acceptors (Lipinski definition) is 2. The third-order valence-electron chi connectivity index (χ3n) is 2.45. The van der Waals surface area contributed by atoms with Gasteiger partial charge in [0.05, 0.1) is 9.40 Å². The minimum Gasteiger partial charge on any atom is -0.258 e. The van der Waals surface area contributed by atoms with Crippen LogP contribution in [-0.2, 0) is 0 Å². The molecule has 0 saturated heterocycles. The molecule has 16 heavy (non-hydrogen) atoms. The van der Waals surface area contributed by atoms with E-state index in [1.165, 1.54) is 6.07 Å². The van der Waals surface area contributed by atoms with Gasteiger partial charge in [-0.3, -0.25) is 10.1 Å². The van der Waals surface area contributed by atoms with Crippen LogP contribution >= 0.6 is 27.5 Å². The number of alkyl halides is 1. The van der Waals surface area contributed by atoms with Crippen molar-refractivity contribution in [2.75, 3.05) is 0 Å². The predicted octanol–water partition coefficient (Wildman–Crippen LogP) is 4.23. The van der Waals surface area contributed by atoms with Crippen molar-refractivity contribution < 1.29 is 9.31 Å². The van der Waals surface area contributed by atoms with Gasteiger partial charge in [-0.15, -0.1) is 11.6 Å². The van der Waals surface area contributed by atoms with Gasteiger partial charge >= 0.3 is 0 Å². The van der Waals surface area contributed by atoms with E-state index in [-0.39, 0.29) is 21.5 Å². The maximum absolute atomic E-state index is 13.3. The van der Waals surface area contributed by atoms with Gasteiger partial charge in [-0.05, 0) is 28.9 Å². The number of nitro groups is 1. The van der Waals surface area contributed by atoms with Crippen LogP contribution in [0.5, 0.6) is 0 Å². The van der Waals surface area contributed by atoms with E-state index in [0.29, 0.717) is 5.56 Å². The predicted molar refractivity (Wildman–Crippen MR) is 64.5 cm³/mol. The largest absolute Gasteiger partial charge is 0.274 e. The van der Waals surface area contributed by atoms with Gasteiger partial charge in [-0.25, -0.2) is 4.39 Å². The highest BCUT2D eigenvalue weighted by atomic mass is 79.9. The number of nitro benzene ring substituents is 1. The van der Waals surface area contributed by atoms with Crippen molar-refractivity contribution in [1.29, 1.82) is 0 Å². The summed E-state index contributed by atoms with van der Waals surface area (Å²) in [5.41, 5.74) is 0.196. The van der Waals surface area contributed by atoms with Gasteiger partial charge in [0.1, 0.15) is 5.82 Å². The van der Waals surface area contributed by atoms with Gasteiger partial charge in [-0.2, -0.15) is 0 Å². The Labute approximate surface area is 106 Å². The maximum Gasteiger partial charge on any atom is 0.274 e. The average molecular weight is 311 g/mol. The van der Waals surface area contributed by atoms with E-state index in [4.69, 9.17) is 11.6 Å². The van der Waals surface area contributed by atoms with Gasteiger partial charge in [-0.1, -0.05) is 6.92 Å². The van der Waals surface area contributed by atoms with E-state index in [9.17, 15) is 14.5 Å². The van der Waals surface area contributed by atoms with E-state index < -0.39 is 10.7 Å². The van der Waals surface area contributed by atoms with Crippen molar-refractivity contribution in [3.05, 3.63) is 38.1 Å². The van der Waals surface area contributed by atoms with Crippen LogP contribution in [0.15, 0.2) is 16.6 Å². The normalized spacial score (nSPS) is 14.6. The number of benzene rings is 1. The average Bonchev–Trinajstić information content (AvgIpc) is 2.19. The Morgan fingerprint density at radius 1 is 1.50 bits per heavy atom. The minimum absolute atomic E-state index is 0.0809. The van der Waals surface area contributed by atoms with Crippen LogP contribution in [0.2, 0.25) is 0 Å². The lowest BCUT2D eigenvalue weighted by atomic mass is 9.96. The Bertz CT molecular complexity index is 426. The molecule has 2 atom stereocenters. The monoisotopic (exact) mass is 309 g/mol. The van der Waals surface area contributed by atoms with Crippen LogP contribution < -0.4 is 0 Å². The van der Waals surface area contributed by atoms with Crippen LogP contribution in [0.1, 0.15) is 25.3 Å². The Kier molecular flexibility index (Phi) is 4.27. The molecule has 0 aliphatic rings. The van der Waals surface area contributed by atoms with Gasteiger partial charge < -0.3 is 0 Å². The van der Waals surface area contributed by atoms with Crippen LogP contribution in [0.3, 0.4) is 0 Å². The van der Waals surface area contributed by atoms with Crippen LogP contribution in [-0.4, -0.2) is 10.3 Å². The van der Waals surface area contributed by atoms with Crippen molar-refractivity contribution in [2.24, 2.45) is 0 Å². The Hall–Kier alpha value is -0.680. The Morgan fingerprint density at radius 2 is 2.06 bits per heavy atom. The lowest BCUT2D eigenvalue weighted by molar-refractivity contribution is -0.385. The molecule has 0 radical (unpaired) electrons. The molecule has 0 N–H and O–H groups in total. The van der Waals surface area contributed by atoms with E-state index in [2.05, 4.69) is 15.9 Å². The molecule has 0 spiro atoms. The molecule has 3 nitrogen and oxygen atoms in total. The number of hydrogen-bond donors (Lipinski definition) is 0. The molecule has 1 aromatic carbocycles. The SMILES string of the molecule is CC(Cl)C(C)c1cc(F)c(Br)cc1[N+](=O)[O-]. The fraction of sp³-hybridized carbons (Fsp3) is 0.400. The molecule has 0 fully saturated rings. The molecule has 1 aromatic rings. The highest BCUT2D eigenvalue weighted by molar-refractivity contribution is 9.10. The first-order valence-electron chi connectivity index (χ1n) is 4.62. The Balaban J connectivity index is 3.36. The molecule has 88 valence electrons. The molecule has 2 unspecified atom stereocenters. The second kappa shape index (κ2) is 5.10. The summed E-state index contributed by atoms with van der Waals surface area (Å²) in [7, 11) is 0. The van der Waals surface area contributed by atoms with E-state index in [1.54, 1.807) is 13.8 Å². The van der Waals surface area contributed by atoms with Crippen molar-refractivity contribution in [3.63, 3.8) is 0 Å². The fourth-order valence-corrected chi connectivity index (χ4v) is 1.79. The van der Waals surface area contributed by atoms with Crippen molar-refractivity contribution in [3.8, 4) is 0 Å². The summed E-state index contributed by atoms with van der Waals surface area (Å²) in [6.45, 7) is 3.45. The van der Waals surface area contributed by atoms with Gasteiger partial charge in [0.25, 0.3) is 5.69 Å². The molecule has 0 aliphatic carbocycles. The second-order valence-corrected chi connectivity index (χ2v) is 5.09. The third-order valence-corrected chi connectivity index (χ3v) is 3.43. The molecular weight excluding hydrogens is 300 g/mol. The highest BCUT2D eigenvalue weighted by Gasteiger charge is 2.24. The molecule has 1 rings (SSSR count). The zero-order chi connectivity index (χ0) is 12.5. The molecule has 0 amide bonds. The van der Waals surface area contributed by atoms with Crippen molar-refractivity contribution >= 4 is 33.2 Å². The van der Waals surface area contributed by atoms with Crippen LogP contribution in [0.4, 0.5) is 10.1 Å². The standard InChI is InChI=1S/C10H10BrClFNO2/c1-5(6(2)12)7-3-9(13)8(11)4-10(7)14(15)16/h3-6H,1-2H3. The molecule has 0 aromatic heterocycles. The smallest absolute Gasteiger partial charge is 0.258 e. The molecule has 6 heteroatoms. The molecule has 0 saturated carbocycles. The minimum atomic E-state index is -0.532. The van der Waals surface area contributed by atoms with E-state index in [0.717, 1.165) is 6.07 Å². The summed E-state index contributed by atoms with van der Waals surface area (Å²) in [6, 6.07) is 2.33. The molecule has 0 bridgehead atoms. The van der Waals surface area contributed by atoms with Crippen LogP contribution in [0.25, 0.3) is 0 Å². The highest BCUT2D eigenvalue weighted by Crippen LogP contribution is 2.34. The fourth-order valence-electron chi connectivity index (χ4n) is 1.32. The van der Waals surface area contributed by atoms with Crippen LogP contribution in [0, 0.1) is 15.9 Å². The van der Waals surface area contributed by atoms with Gasteiger partial charge in [0.2, 0.25) is 0 Å². The molecule has 0 aliphatic heterocycles. The summed E-state index contributed by atoms with van der Waals surface area (Å²) in [5, 5.41) is 10.5. The summed E-state index contributed by atoms with van der Waals surface area (Å²) in [5.74, 6) is -0.811. The first-order valence-corrected chi connectivity index (χ1v) is 5.85. The maximum atomic E-state index is 13.3. The number of nitrogens with zero attached hydrogens (tertiary/aromatic N) is 1. The lowest BCUT2D eigenvalue weighted by Crippen LogP contribution is -2.08. The van der Waals surface area contributed by atoms with E-state index >= 15 is 0 Å². The number of rotatable bonds is 3. The second-order valence-electron chi connectivity index (χ2n) is 3.55. The van der Waals surface area contributed by atoms with Gasteiger partial charge in [0.15, 0.2) is 0 Å². The van der Waals surface area contributed by atoms with E-state index in [1.807, 2.05) is 0 Å². The zero-order valence-electron chi connectivity index (χ0n) is 8.71. The summed E-state index contributed by atoms with van der Waals surface area (Å²) in [6.07, 6.45) is 0. The summed E-state index contributed by atoms with van der Waals surface area (Å²) < 4.78 is 13.4. The Morgan fingerprint density at radius 3 is 2.50 bits per heavy atom. The molecule has 0 heterocycles. The summed E-state index contributed by atoms with van der Waals surface area (Å²) >= 11 is 8.80. The van der Waals surface area contributed by atoms with Crippen molar-refractivity contribution in [1.82, 2.24) is 0 Å². The van der Waals surface area contributed by atoms with Gasteiger partial charge in [0, 0.05) is 22.9 Å². The lowest BCUT2D eigenvalue weighted by Gasteiger charge is -2.14. The topological polar surface area (TPSA) is 43.1 Å².